The maximum atomic E-state index is 12.8. The Labute approximate surface area is 521 Å². The fourth-order valence-corrected chi connectivity index (χ4v) is 63.4. The molecule has 8 bridgehead atoms. The minimum atomic E-state index is -4.38. The average Bonchev–Trinajstić information content (AvgIpc) is 1.10. The van der Waals surface area contributed by atoms with Crippen LogP contribution in [0.1, 0.15) is 152 Å². The quantitative estimate of drug-likeness (QED) is 0.0393. The predicted molar refractivity (Wildman–Crippen MR) is 340 cm³/mol. The van der Waals surface area contributed by atoms with E-state index < -0.39 is 105 Å². The van der Waals surface area contributed by atoms with Gasteiger partial charge >= 0.3 is 70.4 Å². The molecule has 6 saturated heterocycles. The first-order valence-electron chi connectivity index (χ1n) is 31.2. The molecule has 0 saturated carbocycles. The van der Waals surface area contributed by atoms with Crippen molar-refractivity contribution in [1.29, 1.82) is 0 Å². The lowest BCUT2D eigenvalue weighted by molar-refractivity contribution is -0.0343. The van der Waals surface area contributed by atoms with Crippen molar-refractivity contribution >= 4 is 82.0 Å². The molecule has 21 nitrogen and oxygen atoms in total. The van der Waals surface area contributed by atoms with Gasteiger partial charge in [-0.3, -0.25) is 14.5 Å². The van der Waals surface area contributed by atoms with Crippen LogP contribution in [-0.2, 0) is 49.4 Å². The van der Waals surface area contributed by atoms with Gasteiger partial charge in [0, 0.05) is 72.6 Å². The van der Waals surface area contributed by atoms with Crippen LogP contribution in [0.3, 0.4) is 0 Å². The van der Waals surface area contributed by atoms with Crippen LogP contribution in [0.4, 0.5) is 0 Å². The van der Waals surface area contributed by atoms with Crippen LogP contribution >= 0.6 is 0 Å². The number of carbonyl (C=O) groups excluding carboxylic acids is 2. The highest BCUT2D eigenvalue weighted by Gasteiger charge is 2.83. The second kappa shape index (κ2) is 27.9. The molecule has 0 spiro atoms. The van der Waals surface area contributed by atoms with E-state index in [9.17, 15) is 30.0 Å². The van der Waals surface area contributed by atoms with Crippen molar-refractivity contribution in [1.82, 2.24) is 4.90 Å². The van der Waals surface area contributed by atoms with Gasteiger partial charge in [0.25, 0.3) is 0 Å². The van der Waals surface area contributed by atoms with Crippen LogP contribution in [0.25, 0.3) is 0 Å². The van der Waals surface area contributed by atoms with Crippen molar-refractivity contribution in [3.05, 3.63) is 59.7 Å². The van der Waals surface area contributed by atoms with E-state index in [1.54, 1.807) is 48.5 Å². The number of hydrogen-bond acceptors (Lipinski definition) is 21. The molecule has 6 fully saturated rings. The highest BCUT2D eigenvalue weighted by Crippen LogP contribution is 2.56. The highest BCUT2D eigenvalue weighted by atomic mass is 28.6. The number of hydrogen-bond donors (Lipinski definition) is 4. The average molecular weight is 1350 g/mol. The highest BCUT2D eigenvalue weighted by molar-refractivity contribution is 7.03. The van der Waals surface area contributed by atoms with Gasteiger partial charge < -0.3 is 79.3 Å². The normalized spacial score (nSPS) is 31.0. The van der Waals surface area contributed by atoms with Gasteiger partial charge in [0.05, 0.1) is 0 Å². The van der Waals surface area contributed by atoms with E-state index in [4.69, 9.17) is 58.9 Å². The van der Waals surface area contributed by atoms with Gasteiger partial charge in [0.2, 0.25) is 0 Å². The van der Waals surface area contributed by atoms with Crippen molar-refractivity contribution < 1.29 is 88.9 Å². The van der Waals surface area contributed by atoms with Crippen LogP contribution in [0, 0.1) is 41.4 Å². The number of rotatable bonds is 32. The van der Waals surface area contributed by atoms with E-state index in [0.717, 1.165) is 0 Å². The molecule has 6 aliphatic heterocycles. The molecule has 488 valence electrons. The molecule has 4 N–H and O–H groups in total. The van der Waals surface area contributed by atoms with E-state index in [1.165, 1.54) is 27.7 Å². The molecule has 0 amide bonds. The van der Waals surface area contributed by atoms with Gasteiger partial charge in [-0.2, -0.15) is 0 Å². The van der Waals surface area contributed by atoms with Crippen molar-refractivity contribution in [2.75, 3.05) is 32.8 Å². The topological polar surface area (TPSA) is 248 Å². The van der Waals surface area contributed by atoms with Crippen LogP contribution < -0.4 is 9.47 Å². The fourth-order valence-electron chi connectivity index (χ4n) is 11.8. The smallest absolute Gasteiger partial charge is 0.479 e. The summed E-state index contributed by atoms with van der Waals surface area (Å²) in [5.41, 5.74) is -2.48. The van der Waals surface area contributed by atoms with Crippen molar-refractivity contribution in [3.63, 3.8) is 0 Å². The second-order valence-electron chi connectivity index (χ2n) is 28.5. The standard InChI is InChI=1S/C57H103NO20Si8/c1-41(2)34-80-67-79(29-19-28-58(30-50(59)32-65-52-24-20-48(21-25-52)54(61)56(15,16)63)31-51(60)33-66-53-26-22-49(23-27-53)55(62)57(17,18)64)68-81(35-42(3)4)72-83(70-80,37-44(7)8)76-86(40-47(13)14)77-84(71-80,38-45(9)10)73-82(69-79,36-43(5)6)75-85(74-81,78-86)39-46(11)12/h20-27,41-47,50-51,59-60,63-64H,19,28-40H2,1-18H3. The lowest BCUT2D eigenvalue weighted by atomic mass is 9.97. The zero-order valence-corrected chi connectivity index (χ0v) is 62.5. The maximum Gasteiger partial charge on any atom is 0.479 e. The van der Waals surface area contributed by atoms with E-state index in [0.29, 0.717) is 71.4 Å². The summed E-state index contributed by atoms with van der Waals surface area (Å²) in [4.78, 5) is 27.5. The molecule has 2 aromatic rings. The molecular formula is C57H103NO20Si8. The molecule has 2 unspecified atom stereocenters. The Kier molecular flexibility index (Phi) is 23.4. The van der Waals surface area contributed by atoms with Gasteiger partial charge in [0.15, 0.2) is 11.6 Å². The fraction of sp³-hybridized carbons (Fsp3) is 0.754. The summed E-state index contributed by atoms with van der Waals surface area (Å²) < 4.78 is 107. The van der Waals surface area contributed by atoms with Gasteiger partial charge in [-0.1, -0.05) is 96.9 Å². The Balaban J connectivity index is 1.32. The van der Waals surface area contributed by atoms with E-state index >= 15 is 0 Å². The molecular weight excluding hydrogens is 1240 g/mol. The lowest BCUT2D eigenvalue weighted by Crippen LogP contribution is -2.88. The first-order chi connectivity index (χ1) is 39.7. The largest absolute Gasteiger partial charge is 0.491 e. The number of aliphatic hydroxyl groups is 4. The molecule has 2 aromatic carbocycles. The van der Waals surface area contributed by atoms with Gasteiger partial charge in [-0.05, 0) is 131 Å². The van der Waals surface area contributed by atoms with Crippen molar-refractivity contribution in [2.45, 2.75) is 203 Å². The molecule has 0 radical (unpaired) electrons. The number of carbonyl (C=O) groups is 2. The summed E-state index contributed by atoms with van der Waals surface area (Å²) in [5.74, 6) is -0.0963. The first-order valence-corrected chi connectivity index (χ1v) is 46.7. The number of nitrogens with zero attached hydrogens (tertiary/aromatic N) is 1. The van der Waals surface area contributed by atoms with Gasteiger partial charge in [-0.25, -0.2) is 0 Å². The monoisotopic (exact) mass is 1350 g/mol. The van der Waals surface area contributed by atoms with Crippen LogP contribution in [0.15, 0.2) is 48.5 Å². The Morgan fingerprint density at radius 3 is 0.837 bits per heavy atom. The molecule has 0 aliphatic carbocycles. The minimum absolute atomic E-state index is 0.00846. The number of benzene rings is 2. The third-order valence-electron chi connectivity index (χ3n) is 14.5. The first kappa shape index (κ1) is 71.9. The van der Waals surface area contributed by atoms with Crippen molar-refractivity contribution in [2.24, 2.45) is 41.4 Å². The Hall–Kier alpha value is -1.56. The zero-order valence-electron chi connectivity index (χ0n) is 54.5. The van der Waals surface area contributed by atoms with Crippen LogP contribution in [0.2, 0.25) is 48.4 Å². The number of ketones is 2. The summed E-state index contributed by atoms with van der Waals surface area (Å²) in [6, 6.07) is 15.4. The summed E-state index contributed by atoms with van der Waals surface area (Å²) in [6.07, 6.45) is -1.83. The second-order valence-corrected chi connectivity index (χ2v) is 52.6. The molecule has 0 aromatic heterocycles. The maximum absolute atomic E-state index is 12.8. The van der Waals surface area contributed by atoms with Crippen molar-refractivity contribution in [3.8, 4) is 11.5 Å². The zero-order chi connectivity index (χ0) is 63.7. The Morgan fingerprint density at radius 2 is 0.628 bits per heavy atom. The molecule has 86 heavy (non-hydrogen) atoms. The summed E-state index contributed by atoms with van der Waals surface area (Å²) >= 11 is 0. The number of aliphatic hydroxyl groups excluding tert-OH is 2. The minimum Gasteiger partial charge on any atom is -0.491 e. The van der Waals surface area contributed by atoms with E-state index in [1.807, 2.05) is 4.90 Å². The third-order valence-corrected chi connectivity index (χ3v) is 54.5. The molecule has 6 aliphatic rings. The van der Waals surface area contributed by atoms with Crippen LogP contribution in [0.5, 0.6) is 11.5 Å². The molecule has 29 heteroatoms. The SMILES string of the molecule is CC(C)C[Si]12O[Si]3(CCCN(CC(O)COc4ccc(C(=O)C(C)(C)O)cc4)CC(O)COc4ccc(C(=O)C(C)(C)O)cc4)O[Si]4(CC(C)C)O[Si](CC(C)C)(O1)O[Si]1(CC(C)C)O[Si](CC(C)C)(O2)O[Si](CC(C)C)(O3)O[Si](CC(C)C)(O4)O1. The third kappa shape index (κ3) is 18.8. The van der Waals surface area contributed by atoms with Gasteiger partial charge in [0.1, 0.15) is 48.1 Å². The summed E-state index contributed by atoms with van der Waals surface area (Å²) in [6.45, 7) is 35.4. The Morgan fingerprint density at radius 1 is 0.407 bits per heavy atom. The molecule has 6 heterocycles. The predicted octanol–water partition coefficient (Wildman–Crippen LogP) is 9.84. The summed E-state index contributed by atoms with van der Waals surface area (Å²) in [7, 11) is -33.5. The van der Waals surface area contributed by atoms with Gasteiger partial charge in [-0.15, -0.1) is 0 Å². The molecule has 8 rings (SSSR count). The van der Waals surface area contributed by atoms with Crippen LogP contribution in [-0.4, -0.2) is 164 Å². The molecule has 2 atom stereocenters. The number of Topliss-reactive ketones (excluding diaryl/α,β-unsaturated/α-hetero) is 2. The lowest BCUT2D eigenvalue weighted by Gasteiger charge is -2.64. The number of ether oxygens (including phenoxy) is 2. The van der Waals surface area contributed by atoms with E-state index in [-0.39, 0.29) is 80.3 Å². The summed E-state index contributed by atoms with van der Waals surface area (Å²) in [5, 5.41) is 44.3. The Bertz CT molecular complexity index is 2340. The van der Waals surface area contributed by atoms with E-state index in [2.05, 4.69) is 96.9 Å².